The number of nitrogens with zero attached hydrogens (tertiary/aromatic N) is 2. The average molecular weight is 276 g/mol. The Labute approximate surface area is 115 Å². The Morgan fingerprint density at radius 2 is 2.37 bits per heavy atom. The average Bonchev–Trinajstić information content (AvgIpc) is 2.73. The third-order valence-electron chi connectivity index (χ3n) is 3.47. The van der Waals surface area contributed by atoms with E-state index in [4.69, 9.17) is 4.74 Å². The van der Waals surface area contributed by atoms with Gasteiger partial charge in [-0.25, -0.2) is 9.97 Å². The summed E-state index contributed by atoms with van der Waals surface area (Å²) in [7, 11) is 0. The van der Waals surface area contributed by atoms with Crippen molar-refractivity contribution < 1.29 is 9.53 Å². The highest BCUT2D eigenvalue weighted by Crippen LogP contribution is 2.40. The van der Waals surface area contributed by atoms with Crippen LogP contribution < -0.4 is 4.74 Å². The molecule has 2 aromatic heterocycles. The van der Waals surface area contributed by atoms with E-state index < -0.39 is 0 Å². The van der Waals surface area contributed by atoms with Crippen molar-refractivity contribution in [2.75, 3.05) is 6.61 Å². The number of fused-ring (bicyclic) bond motifs is 3. The third kappa shape index (κ3) is 2.34. The predicted octanol–water partition coefficient (Wildman–Crippen LogP) is 2.78. The van der Waals surface area contributed by atoms with E-state index in [1.165, 1.54) is 30.1 Å². The van der Waals surface area contributed by atoms with E-state index in [0.717, 1.165) is 29.0 Å². The Bertz CT molecular complexity index is 636. The van der Waals surface area contributed by atoms with Gasteiger partial charge in [0.05, 0.1) is 5.39 Å². The first-order valence-corrected chi connectivity index (χ1v) is 7.34. The highest BCUT2D eigenvalue weighted by Gasteiger charge is 2.23. The summed E-state index contributed by atoms with van der Waals surface area (Å²) in [5.74, 6) is 1.30. The molecule has 0 aromatic carbocycles. The molecule has 0 radical (unpaired) electrons. The van der Waals surface area contributed by atoms with Gasteiger partial charge in [-0.15, -0.1) is 11.3 Å². The van der Waals surface area contributed by atoms with Crippen molar-refractivity contribution in [1.29, 1.82) is 0 Å². The second-order valence-electron chi connectivity index (χ2n) is 5.20. The SMILES string of the molecule is CC(=O)COc1ncnc2sc3c(c12)CC[C@@H](C)C3. The second-order valence-corrected chi connectivity index (χ2v) is 6.29. The summed E-state index contributed by atoms with van der Waals surface area (Å²) in [6.07, 6.45) is 4.88. The number of thiophene rings is 1. The van der Waals surface area contributed by atoms with Crippen molar-refractivity contribution in [3.05, 3.63) is 16.8 Å². The van der Waals surface area contributed by atoms with Gasteiger partial charge < -0.3 is 4.74 Å². The van der Waals surface area contributed by atoms with Crippen LogP contribution in [-0.4, -0.2) is 22.4 Å². The minimum absolute atomic E-state index is 0.00415. The molecule has 0 amide bonds. The number of carbonyl (C=O) groups excluding carboxylic acids is 1. The van der Waals surface area contributed by atoms with E-state index in [-0.39, 0.29) is 12.4 Å². The van der Waals surface area contributed by atoms with Crippen LogP contribution in [0.1, 0.15) is 30.7 Å². The molecule has 0 bridgehead atoms. The number of carbonyl (C=O) groups is 1. The Morgan fingerprint density at radius 1 is 1.53 bits per heavy atom. The molecule has 100 valence electrons. The fraction of sp³-hybridized carbons (Fsp3) is 0.500. The molecule has 1 aliphatic carbocycles. The Balaban J connectivity index is 2.06. The standard InChI is InChI=1S/C14H16N2O2S/c1-8-3-4-10-11(5-8)19-14-12(10)13(15-7-16-14)18-6-9(2)17/h7-8H,3-6H2,1-2H3/t8-/m1/s1. The van der Waals surface area contributed by atoms with Crippen LogP contribution in [0, 0.1) is 5.92 Å². The third-order valence-corrected chi connectivity index (χ3v) is 4.63. The number of ketones is 1. The zero-order valence-corrected chi connectivity index (χ0v) is 11.9. The van der Waals surface area contributed by atoms with Crippen LogP contribution >= 0.6 is 11.3 Å². The largest absolute Gasteiger partial charge is 0.469 e. The van der Waals surface area contributed by atoms with Gasteiger partial charge in [-0.05, 0) is 37.7 Å². The van der Waals surface area contributed by atoms with Gasteiger partial charge in [-0.2, -0.15) is 0 Å². The molecule has 4 nitrogen and oxygen atoms in total. The lowest BCUT2D eigenvalue weighted by Crippen LogP contribution is -2.10. The van der Waals surface area contributed by atoms with Crippen LogP contribution in [0.2, 0.25) is 0 Å². The van der Waals surface area contributed by atoms with Crippen LogP contribution in [0.5, 0.6) is 5.88 Å². The van der Waals surface area contributed by atoms with Crippen LogP contribution in [0.3, 0.4) is 0 Å². The maximum absolute atomic E-state index is 11.1. The molecule has 5 heteroatoms. The monoisotopic (exact) mass is 276 g/mol. The molecule has 0 saturated carbocycles. The number of ether oxygens (including phenoxy) is 1. The number of hydrogen-bond donors (Lipinski definition) is 0. The van der Waals surface area contributed by atoms with Gasteiger partial charge in [0.1, 0.15) is 17.8 Å². The van der Waals surface area contributed by atoms with Crippen LogP contribution in [-0.2, 0) is 17.6 Å². The molecule has 0 aliphatic heterocycles. The summed E-state index contributed by atoms with van der Waals surface area (Å²) in [6.45, 7) is 3.88. The summed E-state index contributed by atoms with van der Waals surface area (Å²) >= 11 is 1.74. The maximum Gasteiger partial charge on any atom is 0.226 e. The Hall–Kier alpha value is -1.49. The fourth-order valence-corrected chi connectivity index (χ4v) is 3.87. The van der Waals surface area contributed by atoms with Crippen molar-refractivity contribution in [3.8, 4) is 5.88 Å². The topological polar surface area (TPSA) is 52.1 Å². The lowest BCUT2D eigenvalue weighted by molar-refractivity contribution is -0.118. The van der Waals surface area contributed by atoms with Gasteiger partial charge in [-0.1, -0.05) is 6.92 Å². The molecular formula is C14H16N2O2S. The van der Waals surface area contributed by atoms with E-state index in [2.05, 4.69) is 16.9 Å². The van der Waals surface area contributed by atoms with Gasteiger partial charge in [0.2, 0.25) is 5.88 Å². The highest BCUT2D eigenvalue weighted by atomic mass is 32.1. The zero-order valence-electron chi connectivity index (χ0n) is 11.1. The Morgan fingerprint density at radius 3 is 3.16 bits per heavy atom. The quantitative estimate of drug-likeness (QED) is 0.865. The predicted molar refractivity (Wildman–Crippen MR) is 74.8 cm³/mol. The molecular weight excluding hydrogens is 260 g/mol. The summed E-state index contributed by atoms with van der Waals surface area (Å²) in [4.78, 5) is 22.0. The van der Waals surface area contributed by atoms with E-state index in [1.807, 2.05) is 0 Å². The van der Waals surface area contributed by atoms with Crippen molar-refractivity contribution in [1.82, 2.24) is 9.97 Å². The van der Waals surface area contributed by atoms with E-state index >= 15 is 0 Å². The van der Waals surface area contributed by atoms with Crippen molar-refractivity contribution >= 4 is 27.3 Å². The number of rotatable bonds is 3. The van der Waals surface area contributed by atoms with Gasteiger partial charge in [0.25, 0.3) is 0 Å². The summed E-state index contributed by atoms with van der Waals surface area (Å²) in [6, 6.07) is 0. The van der Waals surface area contributed by atoms with Crippen LogP contribution in [0.4, 0.5) is 0 Å². The molecule has 0 N–H and O–H groups in total. The lowest BCUT2D eigenvalue weighted by atomic mass is 9.89. The number of hydrogen-bond acceptors (Lipinski definition) is 5. The van der Waals surface area contributed by atoms with Gasteiger partial charge >= 0.3 is 0 Å². The number of aromatic nitrogens is 2. The lowest BCUT2D eigenvalue weighted by Gasteiger charge is -2.18. The molecule has 19 heavy (non-hydrogen) atoms. The van der Waals surface area contributed by atoms with Gasteiger partial charge in [0, 0.05) is 4.88 Å². The Kier molecular flexibility index (Phi) is 3.22. The van der Waals surface area contributed by atoms with Crippen molar-refractivity contribution in [2.24, 2.45) is 5.92 Å². The molecule has 0 spiro atoms. The minimum Gasteiger partial charge on any atom is -0.469 e. The summed E-state index contributed by atoms with van der Waals surface area (Å²) < 4.78 is 5.54. The first-order chi connectivity index (χ1) is 9.15. The smallest absolute Gasteiger partial charge is 0.226 e. The maximum atomic E-state index is 11.1. The second kappa shape index (κ2) is 4.89. The van der Waals surface area contributed by atoms with E-state index in [0.29, 0.717) is 5.88 Å². The number of Topliss-reactive ketones (excluding diaryl/α,β-unsaturated/α-hetero) is 1. The molecule has 2 aromatic rings. The van der Waals surface area contributed by atoms with Crippen LogP contribution in [0.15, 0.2) is 6.33 Å². The van der Waals surface area contributed by atoms with Crippen molar-refractivity contribution in [2.45, 2.75) is 33.1 Å². The zero-order chi connectivity index (χ0) is 13.4. The molecule has 0 fully saturated rings. The van der Waals surface area contributed by atoms with E-state index in [9.17, 15) is 4.79 Å². The van der Waals surface area contributed by atoms with Gasteiger partial charge in [-0.3, -0.25) is 4.79 Å². The highest BCUT2D eigenvalue weighted by molar-refractivity contribution is 7.18. The van der Waals surface area contributed by atoms with Crippen molar-refractivity contribution in [3.63, 3.8) is 0 Å². The molecule has 1 aliphatic rings. The van der Waals surface area contributed by atoms with Crippen LogP contribution in [0.25, 0.3) is 10.2 Å². The van der Waals surface area contributed by atoms with E-state index in [1.54, 1.807) is 11.3 Å². The first kappa shape index (κ1) is 12.5. The molecule has 2 heterocycles. The molecule has 0 unspecified atom stereocenters. The fourth-order valence-electron chi connectivity index (χ4n) is 2.53. The number of aryl methyl sites for hydroxylation is 1. The minimum atomic E-state index is 0.00415. The summed E-state index contributed by atoms with van der Waals surface area (Å²) in [5.41, 5.74) is 1.33. The molecule has 1 atom stereocenters. The molecule has 0 saturated heterocycles. The normalized spacial score (nSPS) is 18.3. The van der Waals surface area contributed by atoms with Gasteiger partial charge in [0.15, 0.2) is 5.78 Å². The summed E-state index contributed by atoms with van der Waals surface area (Å²) in [5, 5.41) is 1.02. The molecule has 3 rings (SSSR count). The first-order valence-electron chi connectivity index (χ1n) is 6.52.